The molecule has 0 spiro atoms. The van der Waals surface area contributed by atoms with Crippen molar-refractivity contribution in [1.29, 1.82) is 0 Å². The molecule has 0 saturated carbocycles. The Hall–Kier alpha value is -2.00. The van der Waals surface area contributed by atoms with Gasteiger partial charge in [-0.1, -0.05) is 23.4 Å². The molecule has 23 heavy (non-hydrogen) atoms. The summed E-state index contributed by atoms with van der Waals surface area (Å²) in [6.07, 6.45) is -1.11. The molecule has 2 rings (SSSR count). The van der Waals surface area contributed by atoms with Crippen LogP contribution >= 0.6 is 23.4 Å². The summed E-state index contributed by atoms with van der Waals surface area (Å²) in [6.45, 7) is 1.33. The van der Waals surface area contributed by atoms with Crippen molar-refractivity contribution >= 4 is 40.9 Å². The first-order chi connectivity index (χ1) is 10.7. The number of carbonyl (C=O) groups excluding carboxylic acids is 2. The molecule has 122 valence electrons. The zero-order valence-electron chi connectivity index (χ0n) is 11.5. The molecule has 1 aromatic rings. The molecule has 10 heteroatoms. The lowest BCUT2D eigenvalue weighted by Crippen LogP contribution is -2.19. The molecule has 1 aliphatic rings. The molecule has 0 radical (unpaired) electrons. The van der Waals surface area contributed by atoms with Gasteiger partial charge < -0.3 is 10.6 Å². The van der Waals surface area contributed by atoms with Crippen LogP contribution < -0.4 is 10.6 Å². The topological polar surface area (TPSA) is 71.1 Å². The molecule has 0 atom stereocenters. The van der Waals surface area contributed by atoms with Crippen LogP contribution in [0.15, 0.2) is 34.5 Å². The largest absolute Gasteiger partial charge is 0.418 e. The van der Waals surface area contributed by atoms with E-state index in [1.54, 1.807) is 0 Å². The minimum absolute atomic E-state index is 0.114. The maximum Gasteiger partial charge on any atom is 0.418 e. The molecule has 0 fully saturated rings. The molecular formula is C13H9ClF3N3O2S. The number of halogens is 4. The minimum Gasteiger partial charge on any atom is -0.365 e. The number of anilines is 1. The van der Waals surface area contributed by atoms with Gasteiger partial charge >= 0.3 is 6.18 Å². The lowest BCUT2D eigenvalue weighted by atomic mass is 10.2. The number of aromatic nitrogens is 1. The van der Waals surface area contributed by atoms with Crippen LogP contribution in [0.1, 0.15) is 12.5 Å². The van der Waals surface area contributed by atoms with Crippen LogP contribution in [0.3, 0.4) is 0 Å². The number of hydrogen-bond donors (Lipinski definition) is 2. The number of allylic oxidation sites excluding steroid dienone is 1. The molecule has 1 aromatic heterocycles. The fraction of sp³-hybridized carbons (Fsp3) is 0.154. The molecule has 1 amide bonds. The second kappa shape index (κ2) is 6.63. The smallest absolute Gasteiger partial charge is 0.365 e. The van der Waals surface area contributed by atoms with Gasteiger partial charge in [-0.3, -0.25) is 9.59 Å². The van der Waals surface area contributed by atoms with E-state index in [4.69, 9.17) is 11.6 Å². The van der Waals surface area contributed by atoms with Crippen molar-refractivity contribution < 1.29 is 22.8 Å². The lowest BCUT2D eigenvalue weighted by Gasteiger charge is -2.14. The van der Waals surface area contributed by atoms with E-state index in [1.165, 1.54) is 19.3 Å². The molecular weight excluding hydrogens is 355 g/mol. The van der Waals surface area contributed by atoms with Gasteiger partial charge in [0.2, 0.25) is 0 Å². The van der Waals surface area contributed by atoms with E-state index in [9.17, 15) is 22.8 Å². The Bertz CT molecular complexity index is 732. The van der Waals surface area contributed by atoms with E-state index in [-0.39, 0.29) is 16.5 Å². The van der Waals surface area contributed by atoms with E-state index in [0.717, 1.165) is 18.0 Å². The van der Waals surface area contributed by atoms with E-state index >= 15 is 0 Å². The first-order valence-corrected chi connectivity index (χ1v) is 7.27. The van der Waals surface area contributed by atoms with Gasteiger partial charge in [0.05, 0.1) is 20.4 Å². The van der Waals surface area contributed by atoms with Crippen LogP contribution in [0.25, 0.3) is 0 Å². The standard InChI is InChI=1S/C13H9ClF3N3O2S/c1-6(21)9-4-18-5-10(23-9)12(22)20-11-2-7(13(15,16)17)8(14)3-19-11/h2-5,18H,1H3,(H,19,20,22). The maximum absolute atomic E-state index is 12.8. The van der Waals surface area contributed by atoms with Crippen LogP contribution in [-0.4, -0.2) is 16.7 Å². The third-order valence-electron chi connectivity index (χ3n) is 2.62. The average Bonchev–Trinajstić information content (AvgIpc) is 2.48. The molecule has 2 N–H and O–H groups in total. The SMILES string of the molecule is CC(=O)C1=CNC=C(C(=O)Nc2cc(C(F)(F)F)c(Cl)cn2)S1. The lowest BCUT2D eigenvalue weighted by molar-refractivity contribution is -0.137. The molecule has 0 saturated heterocycles. The number of hydrogen-bond acceptors (Lipinski definition) is 5. The van der Waals surface area contributed by atoms with Crippen LogP contribution in [0.2, 0.25) is 5.02 Å². The zero-order valence-corrected chi connectivity index (χ0v) is 13.1. The van der Waals surface area contributed by atoms with E-state index < -0.39 is 22.7 Å². The number of nitrogens with zero attached hydrogens (tertiary/aromatic N) is 1. The second-order valence-corrected chi connectivity index (χ2v) is 5.83. The molecule has 0 aromatic carbocycles. The summed E-state index contributed by atoms with van der Waals surface area (Å²) in [5.74, 6) is -1.24. The summed E-state index contributed by atoms with van der Waals surface area (Å²) in [7, 11) is 0. The molecule has 0 aliphatic carbocycles. The summed E-state index contributed by atoms with van der Waals surface area (Å²) in [5, 5.41) is 4.30. The number of nitrogens with one attached hydrogen (secondary N) is 2. The monoisotopic (exact) mass is 363 g/mol. The summed E-state index contributed by atoms with van der Waals surface area (Å²) in [6, 6.07) is 0.642. The van der Waals surface area contributed by atoms with Crippen molar-refractivity contribution in [2.75, 3.05) is 5.32 Å². The Kier molecular flexibility index (Phi) is 5.00. The maximum atomic E-state index is 12.8. The van der Waals surface area contributed by atoms with E-state index in [2.05, 4.69) is 15.6 Å². The van der Waals surface area contributed by atoms with Gasteiger partial charge in [-0.15, -0.1) is 0 Å². The number of pyridine rings is 1. The normalized spacial score (nSPS) is 14.5. The summed E-state index contributed by atoms with van der Waals surface area (Å²) in [5.41, 5.74) is -1.10. The second-order valence-electron chi connectivity index (χ2n) is 4.34. The minimum atomic E-state index is -4.66. The quantitative estimate of drug-likeness (QED) is 0.862. The molecule has 0 unspecified atom stereocenters. The third-order valence-corrected chi connectivity index (χ3v) is 4.07. The number of alkyl halides is 3. The predicted octanol–water partition coefficient (Wildman–Crippen LogP) is 3.30. The van der Waals surface area contributed by atoms with Crippen LogP contribution in [0.5, 0.6) is 0 Å². The van der Waals surface area contributed by atoms with Crippen molar-refractivity contribution in [1.82, 2.24) is 10.3 Å². The van der Waals surface area contributed by atoms with Gasteiger partial charge in [0.1, 0.15) is 5.82 Å². The Morgan fingerprint density at radius 3 is 2.57 bits per heavy atom. The average molecular weight is 364 g/mol. The molecule has 1 aliphatic heterocycles. The van der Waals surface area contributed by atoms with Gasteiger partial charge in [0.25, 0.3) is 5.91 Å². The number of carbonyl (C=O) groups is 2. The van der Waals surface area contributed by atoms with E-state index in [0.29, 0.717) is 11.0 Å². The Balaban J connectivity index is 2.15. The Morgan fingerprint density at radius 1 is 1.30 bits per heavy atom. The highest BCUT2D eigenvalue weighted by Gasteiger charge is 2.34. The summed E-state index contributed by atoms with van der Waals surface area (Å²) in [4.78, 5) is 27.4. The van der Waals surface area contributed by atoms with Crippen molar-refractivity contribution in [3.8, 4) is 0 Å². The first kappa shape index (κ1) is 17.4. The third kappa shape index (κ3) is 4.26. The van der Waals surface area contributed by atoms with Crippen molar-refractivity contribution in [3.63, 3.8) is 0 Å². The molecule has 0 bridgehead atoms. The molecule has 5 nitrogen and oxygen atoms in total. The van der Waals surface area contributed by atoms with Crippen molar-refractivity contribution in [3.05, 3.63) is 45.1 Å². The number of ketones is 1. The fourth-order valence-corrected chi connectivity index (χ4v) is 2.55. The van der Waals surface area contributed by atoms with Gasteiger partial charge in [-0.25, -0.2) is 4.98 Å². The van der Waals surface area contributed by atoms with Gasteiger partial charge in [0.15, 0.2) is 5.78 Å². The van der Waals surface area contributed by atoms with Crippen molar-refractivity contribution in [2.45, 2.75) is 13.1 Å². The number of rotatable bonds is 3. The Labute approximate surface area is 138 Å². The highest BCUT2D eigenvalue weighted by molar-refractivity contribution is 8.08. The van der Waals surface area contributed by atoms with Gasteiger partial charge in [-0.2, -0.15) is 13.2 Å². The van der Waals surface area contributed by atoms with Gasteiger partial charge in [-0.05, 0) is 13.0 Å². The highest BCUT2D eigenvalue weighted by Crippen LogP contribution is 2.35. The summed E-state index contributed by atoms with van der Waals surface area (Å²) >= 11 is 6.36. The Morgan fingerprint density at radius 2 is 1.96 bits per heavy atom. The highest BCUT2D eigenvalue weighted by atomic mass is 35.5. The van der Waals surface area contributed by atoms with Crippen LogP contribution in [-0.2, 0) is 15.8 Å². The van der Waals surface area contributed by atoms with Crippen LogP contribution in [0.4, 0.5) is 19.0 Å². The zero-order chi connectivity index (χ0) is 17.2. The van der Waals surface area contributed by atoms with Gasteiger partial charge in [0, 0.05) is 18.6 Å². The number of thioether (sulfide) groups is 1. The predicted molar refractivity (Wildman–Crippen MR) is 80.5 cm³/mol. The molecule has 2 heterocycles. The number of amides is 1. The van der Waals surface area contributed by atoms with Crippen LogP contribution in [0, 0.1) is 0 Å². The first-order valence-electron chi connectivity index (χ1n) is 6.07. The van der Waals surface area contributed by atoms with E-state index in [1.807, 2.05) is 0 Å². The fourth-order valence-electron chi connectivity index (χ4n) is 1.56. The summed E-state index contributed by atoms with van der Waals surface area (Å²) < 4.78 is 38.3. The number of Topliss-reactive ketones (excluding diaryl/α,β-unsaturated/α-hetero) is 1. The van der Waals surface area contributed by atoms with Crippen molar-refractivity contribution in [2.24, 2.45) is 0 Å².